The average molecular weight is 352 g/mol. The lowest BCUT2D eigenvalue weighted by molar-refractivity contribution is -0.137. The van der Waals surface area contributed by atoms with Gasteiger partial charge in [-0.3, -0.25) is 9.59 Å². The van der Waals surface area contributed by atoms with Gasteiger partial charge in [0.1, 0.15) is 0 Å². The highest BCUT2D eigenvalue weighted by Gasteiger charge is 2.44. The van der Waals surface area contributed by atoms with Crippen LogP contribution in [0.4, 0.5) is 8.78 Å². The summed E-state index contributed by atoms with van der Waals surface area (Å²) < 4.78 is 26.4. The van der Waals surface area contributed by atoms with Crippen LogP contribution in [-0.2, 0) is 16.1 Å². The first kappa shape index (κ1) is 17.8. The number of carbonyl (C=O) groups excluding carboxylic acids is 1. The van der Waals surface area contributed by atoms with Gasteiger partial charge in [-0.1, -0.05) is 6.07 Å². The van der Waals surface area contributed by atoms with Crippen LogP contribution < -0.4 is 0 Å². The topological polar surface area (TPSA) is 60.9 Å². The summed E-state index contributed by atoms with van der Waals surface area (Å²) in [5.74, 6) is -2.54. The third kappa shape index (κ3) is 4.15. The molecule has 5 nitrogen and oxygen atoms in total. The molecule has 1 aromatic carbocycles. The molecule has 3 rings (SSSR count). The first-order chi connectivity index (χ1) is 11.9. The van der Waals surface area contributed by atoms with Crippen LogP contribution in [0.5, 0.6) is 0 Å². The monoisotopic (exact) mass is 352 g/mol. The van der Waals surface area contributed by atoms with Gasteiger partial charge in [-0.2, -0.15) is 0 Å². The van der Waals surface area contributed by atoms with E-state index in [0.29, 0.717) is 31.6 Å². The third-order valence-electron chi connectivity index (χ3n) is 5.32. The molecule has 0 radical (unpaired) electrons. The molecule has 1 amide bonds. The molecule has 25 heavy (non-hydrogen) atoms. The Hall–Kier alpha value is -2.02. The van der Waals surface area contributed by atoms with Crippen LogP contribution in [-0.4, -0.2) is 53.0 Å². The highest BCUT2D eigenvalue weighted by molar-refractivity contribution is 5.79. The number of aliphatic carboxylic acids is 1. The highest BCUT2D eigenvalue weighted by atomic mass is 19.2. The largest absolute Gasteiger partial charge is 0.481 e. The van der Waals surface area contributed by atoms with E-state index in [-0.39, 0.29) is 17.7 Å². The maximum absolute atomic E-state index is 13.3. The molecule has 2 aliphatic heterocycles. The summed E-state index contributed by atoms with van der Waals surface area (Å²) in [6.07, 6.45) is 2.32. The summed E-state index contributed by atoms with van der Waals surface area (Å²) >= 11 is 0. The minimum atomic E-state index is -0.898. The van der Waals surface area contributed by atoms with E-state index in [1.807, 2.05) is 0 Å². The number of hydrogen-bond donors (Lipinski definition) is 1. The lowest BCUT2D eigenvalue weighted by Gasteiger charge is -2.38. The van der Waals surface area contributed by atoms with E-state index in [1.54, 1.807) is 4.90 Å². The molecule has 1 spiro atoms. The van der Waals surface area contributed by atoms with Crippen LogP contribution in [0, 0.1) is 17.0 Å². The van der Waals surface area contributed by atoms with Gasteiger partial charge in [-0.05, 0) is 49.0 Å². The minimum absolute atomic E-state index is 0.0451. The Bertz CT molecular complexity index is 672. The fraction of sp³-hybridized carbons (Fsp3) is 0.556. The van der Waals surface area contributed by atoms with E-state index in [4.69, 9.17) is 5.11 Å². The zero-order valence-electron chi connectivity index (χ0n) is 14.0. The molecule has 2 saturated heterocycles. The Labute approximate surface area is 145 Å². The van der Waals surface area contributed by atoms with E-state index >= 15 is 0 Å². The van der Waals surface area contributed by atoms with Crippen molar-refractivity contribution in [1.29, 1.82) is 0 Å². The zero-order chi connectivity index (χ0) is 18.0. The van der Waals surface area contributed by atoms with Gasteiger partial charge in [-0.15, -0.1) is 0 Å². The number of nitrogens with zero attached hydrogens (tertiary/aromatic N) is 2. The molecule has 0 aliphatic carbocycles. The maximum Gasteiger partial charge on any atom is 0.304 e. The molecule has 7 heteroatoms. The molecule has 0 aromatic heterocycles. The SMILES string of the molecule is O=C(O)CCN1CCC2(CC1)CC(=O)N(Cc1ccc(F)c(F)c1)C2. The Kier molecular flexibility index (Phi) is 5.03. The van der Waals surface area contributed by atoms with Crippen molar-refractivity contribution < 1.29 is 23.5 Å². The molecule has 2 aliphatic rings. The molecular weight excluding hydrogens is 330 g/mol. The van der Waals surface area contributed by atoms with Crippen LogP contribution in [0.25, 0.3) is 0 Å². The molecule has 136 valence electrons. The van der Waals surface area contributed by atoms with Gasteiger partial charge >= 0.3 is 5.97 Å². The number of rotatable bonds is 5. The van der Waals surface area contributed by atoms with Gasteiger partial charge in [-0.25, -0.2) is 8.78 Å². The Balaban J connectivity index is 1.57. The van der Waals surface area contributed by atoms with Crippen LogP contribution in [0.2, 0.25) is 0 Å². The maximum atomic E-state index is 13.3. The summed E-state index contributed by atoms with van der Waals surface area (Å²) in [6.45, 7) is 3.04. The number of carbonyl (C=O) groups is 2. The lowest BCUT2D eigenvalue weighted by Crippen LogP contribution is -2.42. The number of amides is 1. The molecular formula is C18H22F2N2O3. The van der Waals surface area contributed by atoms with Gasteiger partial charge in [0, 0.05) is 26.1 Å². The first-order valence-electron chi connectivity index (χ1n) is 8.53. The van der Waals surface area contributed by atoms with Crippen molar-refractivity contribution >= 4 is 11.9 Å². The van der Waals surface area contributed by atoms with Crippen LogP contribution in [0.15, 0.2) is 18.2 Å². The summed E-state index contributed by atoms with van der Waals surface area (Å²) in [4.78, 5) is 26.9. The Morgan fingerprint density at radius 2 is 1.92 bits per heavy atom. The average Bonchev–Trinajstić information content (AvgIpc) is 2.86. The highest BCUT2D eigenvalue weighted by Crippen LogP contribution is 2.41. The standard InChI is InChI=1S/C18H22F2N2O3/c19-14-2-1-13(9-15(14)20)11-22-12-18(10-16(22)23)4-7-21(8-5-18)6-3-17(24)25/h1-2,9H,3-8,10-12H2,(H,24,25). The molecule has 1 N–H and O–H groups in total. The van der Waals surface area contributed by atoms with Crippen molar-refractivity contribution in [3.8, 4) is 0 Å². The zero-order valence-corrected chi connectivity index (χ0v) is 14.0. The van der Waals surface area contributed by atoms with Crippen LogP contribution in [0.1, 0.15) is 31.2 Å². The number of hydrogen-bond acceptors (Lipinski definition) is 3. The predicted octanol–water partition coefficient (Wildman–Crippen LogP) is 2.25. The second kappa shape index (κ2) is 7.07. The first-order valence-corrected chi connectivity index (χ1v) is 8.53. The predicted molar refractivity (Wildman–Crippen MR) is 86.8 cm³/mol. The van der Waals surface area contributed by atoms with Crippen molar-refractivity contribution in [2.75, 3.05) is 26.2 Å². The van der Waals surface area contributed by atoms with Crippen LogP contribution in [0.3, 0.4) is 0 Å². The van der Waals surface area contributed by atoms with Gasteiger partial charge in [0.2, 0.25) is 5.91 Å². The lowest BCUT2D eigenvalue weighted by atomic mass is 9.77. The van der Waals surface area contributed by atoms with Crippen LogP contribution >= 0.6 is 0 Å². The summed E-state index contributed by atoms with van der Waals surface area (Å²) in [7, 11) is 0. The van der Waals surface area contributed by atoms with E-state index in [2.05, 4.69) is 4.90 Å². The molecule has 2 heterocycles. The summed E-state index contributed by atoms with van der Waals surface area (Å²) in [6, 6.07) is 3.73. The van der Waals surface area contributed by atoms with E-state index in [1.165, 1.54) is 6.07 Å². The van der Waals surface area contributed by atoms with Crippen molar-refractivity contribution in [2.45, 2.75) is 32.2 Å². The second-order valence-corrected chi connectivity index (χ2v) is 7.16. The molecule has 0 atom stereocenters. The van der Waals surface area contributed by atoms with Crippen molar-refractivity contribution in [3.63, 3.8) is 0 Å². The van der Waals surface area contributed by atoms with Gasteiger partial charge in [0.15, 0.2) is 11.6 Å². The number of likely N-dealkylation sites (tertiary alicyclic amines) is 2. The molecule has 0 saturated carbocycles. The van der Waals surface area contributed by atoms with Crippen molar-refractivity contribution in [2.24, 2.45) is 5.41 Å². The van der Waals surface area contributed by atoms with Crippen molar-refractivity contribution in [1.82, 2.24) is 9.80 Å². The normalized spacial score (nSPS) is 20.4. The fourth-order valence-electron chi connectivity index (χ4n) is 3.82. The van der Waals surface area contributed by atoms with Gasteiger partial charge < -0.3 is 14.9 Å². The number of piperidine rings is 1. The smallest absolute Gasteiger partial charge is 0.304 e. The number of benzene rings is 1. The Morgan fingerprint density at radius 1 is 1.20 bits per heavy atom. The molecule has 0 unspecified atom stereocenters. The number of carboxylic acids is 1. The van der Waals surface area contributed by atoms with E-state index in [9.17, 15) is 18.4 Å². The molecule has 0 bridgehead atoms. The van der Waals surface area contributed by atoms with E-state index in [0.717, 1.165) is 38.1 Å². The summed E-state index contributed by atoms with van der Waals surface area (Å²) in [5.41, 5.74) is 0.512. The minimum Gasteiger partial charge on any atom is -0.481 e. The third-order valence-corrected chi connectivity index (χ3v) is 5.32. The molecule has 2 fully saturated rings. The number of halogens is 2. The number of carboxylic acid groups (broad SMARTS) is 1. The fourth-order valence-corrected chi connectivity index (χ4v) is 3.82. The van der Waals surface area contributed by atoms with E-state index < -0.39 is 17.6 Å². The molecule has 1 aromatic rings. The van der Waals surface area contributed by atoms with Crippen molar-refractivity contribution in [3.05, 3.63) is 35.4 Å². The van der Waals surface area contributed by atoms with Gasteiger partial charge in [0.05, 0.1) is 6.42 Å². The quantitative estimate of drug-likeness (QED) is 0.883. The summed E-state index contributed by atoms with van der Waals surface area (Å²) in [5, 5.41) is 8.77. The second-order valence-electron chi connectivity index (χ2n) is 7.16. The van der Waals surface area contributed by atoms with Gasteiger partial charge in [0.25, 0.3) is 0 Å². The Morgan fingerprint density at radius 3 is 2.56 bits per heavy atom.